The molecular weight excluding hydrogens is 471 g/mol. The van der Waals surface area contributed by atoms with E-state index in [-0.39, 0.29) is 29.6 Å². The van der Waals surface area contributed by atoms with E-state index in [0.29, 0.717) is 13.1 Å². The minimum absolute atomic E-state index is 0. The van der Waals surface area contributed by atoms with Crippen LogP contribution in [0.1, 0.15) is 50.9 Å². The molecule has 150 valence electrons. The maximum Gasteiger partial charge on any atom is 0.191 e. The second-order valence-corrected chi connectivity index (χ2v) is 7.90. The highest BCUT2D eigenvalue weighted by atomic mass is 127. The van der Waals surface area contributed by atoms with Crippen molar-refractivity contribution < 1.29 is 4.74 Å². The molecule has 0 aliphatic rings. The standard InChI is InChI=1S/C20H30N4OS.HI/c1-6-18-24-16(14-26-18)13-23-19(21-7-2)22-12-15-10-8-9-11-17(15)25-20(3,4)5;/h8-11,14H,6-7,12-13H2,1-5H3,(H2,21,22,23);1H. The number of aliphatic imine (C=N–C) groups is 1. The first kappa shape index (κ1) is 23.7. The fourth-order valence-electron chi connectivity index (χ4n) is 2.34. The van der Waals surface area contributed by atoms with E-state index in [0.717, 1.165) is 40.9 Å². The zero-order valence-corrected chi connectivity index (χ0v) is 20.0. The lowest BCUT2D eigenvalue weighted by atomic mass is 10.1. The summed E-state index contributed by atoms with van der Waals surface area (Å²) in [5, 5.41) is 9.90. The topological polar surface area (TPSA) is 58.5 Å². The van der Waals surface area contributed by atoms with Gasteiger partial charge in [-0.05, 0) is 40.2 Å². The van der Waals surface area contributed by atoms with E-state index in [9.17, 15) is 0 Å². The van der Waals surface area contributed by atoms with Crippen molar-refractivity contribution in [3.8, 4) is 5.75 Å². The van der Waals surface area contributed by atoms with Crippen LogP contribution in [0, 0.1) is 0 Å². The van der Waals surface area contributed by atoms with Gasteiger partial charge in [-0.3, -0.25) is 0 Å². The number of para-hydroxylation sites is 1. The zero-order chi connectivity index (χ0) is 19.0. The Balaban J connectivity index is 0.00000364. The molecule has 0 atom stereocenters. The first-order valence-corrected chi connectivity index (χ1v) is 10.0. The lowest BCUT2D eigenvalue weighted by molar-refractivity contribution is 0.129. The van der Waals surface area contributed by atoms with Crippen LogP contribution in [0.15, 0.2) is 34.6 Å². The average molecular weight is 502 g/mol. The van der Waals surface area contributed by atoms with Crippen LogP contribution in [0.2, 0.25) is 0 Å². The van der Waals surface area contributed by atoms with Crippen molar-refractivity contribution in [2.75, 3.05) is 6.54 Å². The molecule has 2 aromatic rings. The van der Waals surface area contributed by atoms with Gasteiger partial charge >= 0.3 is 0 Å². The van der Waals surface area contributed by atoms with Crippen LogP contribution in [-0.2, 0) is 19.5 Å². The number of rotatable bonds is 7. The molecule has 0 aliphatic heterocycles. The zero-order valence-electron chi connectivity index (χ0n) is 16.8. The van der Waals surface area contributed by atoms with Gasteiger partial charge in [0, 0.05) is 17.5 Å². The summed E-state index contributed by atoms with van der Waals surface area (Å²) >= 11 is 1.70. The molecule has 7 heteroatoms. The molecule has 0 fully saturated rings. The number of nitrogens with one attached hydrogen (secondary N) is 2. The third kappa shape index (κ3) is 8.47. The van der Waals surface area contributed by atoms with Crippen LogP contribution in [0.5, 0.6) is 5.75 Å². The Morgan fingerprint density at radius 1 is 1.19 bits per heavy atom. The third-order valence-electron chi connectivity index (χ3n) is 3.48. The second kappa shape index (κ2) is 11.5. The lowest BCUT2D eigenvalue weighted by Crippen LogP contribution is -2.36. The van der Waals surface area contributed by atoms with Gasteiger partial charge in [0.05, 0.1) is 23.8 Å². The molecular formula is C20H31IN4OS. The minimum atomic E-state index is -0.232. The van der Waals surface area contributed by atoms with Crippen molar-refractivity contribution in [1.82, 2.24) is 15.6 Å². The molecule has 0 radical (unpaired) electrons. The molecule has 0 saturated carbocycles. The van der Waals surface area contributed by atoms with Crippen LogP contribution < -0.4 is 15.4 Å². The Morgan fingerprint density at radius 2 is 1.93 bits per heavy atom. The predicted molar refractivity (Wildman–Crippen MR) is 125 cm³/mol. The lowest BCUT2D eigenvalue weighted by Gasteiger charge is -2.23. The Kier molecular flexibility index (Phi) is 10.1. The van der Waals surface area contributed by atoms with E-state index in [2.05, 4.69) is 61.7 Å². The molecule has 1 aromatic heterocycles. The smallest absolute Gasteiger partial charge is 0.191 e. The second-order valence-electron chi connectivity index (χ2n) is 6.96. The highest BCUT2D eigenvalue weighted by molar-refractivity contribution is 14.0. The number of nitrogens with zero attached hydrogens (tertiary/aromatic N) is 2. The van der Waals surface area contributed by atoms with Crippen molar-refractivity contribution in [2.45, 2.75) is 59.7 Å². The van der Waals surface area contributed by atoms with Gasteiger partial charge in [0.1, 0.15) is 11.4 Å². The number of guanidine groups is 1. The van der Waals surface area contributed by atoms with E-state index in [1.807, 2.05) is 18.2 Å². The number of thiazole rings is 1. The Hall–Kier alpha value is -1.35. The van der Waals surface area contributed by atoms with Crippen molar-refractivity contribution in [3.05, 3.63) is 45.9 Å². The molecule has 0 aliphatic carbocycles. The summed E-state index contributed by atoms with van der Waals surface area (Å²) < 4.78 is 6.05. The highest BCUT2D eigenvalue weighted by Gasteiger charge is 2.14. The molecule has 0 amide bonds. The van der Waals surface area contributed by atoms with Crippen molar-refractivity contribution >= 4 is 41.3 Å². The van der Waals surface area contributed by atoms with E-state index in [1.165, 1.54) is 0 Å². The van der Waals surface area contributed by atoms with Gasteiger partial charge < -0.3 is 15.4 Å². The molecule has 2 N–H and O–H groups in total. The van der Waals surface area contributed by atoms with Gasteiger partial charge in [0.25, 0.3) is 0 Å². The number of ether oxygens (including phenoxy) is 1. The summed E-state index contributed by atoms with van der Waals surface area (Å²) in [6, 6.07) is 8.06. The van der Waals surface area contributed by atoms with E-state index < -0.39 is 0 Å². The Bertz CT molecular complexity index is 725. The quantitative estimate of drug-likeness (QED) is 0.326. The van der Waals surface area contributed by atoms with Crippen LogP contribution in [0.3, 0.4) is 0 Å². The van der Waals surface area contributed by atoms with E-state index in [1.54, 1.807) is 11.3 Å². The third-order valence-corrected chi connectivity index (χ3v) is 4.52. The van der Waals surface area contributed by atoms with Crippen LogP contribution in [0.25, 0.3) is 0 Å². The SMILES string of the molecule is CCNC(=NCc1ccccc1OC(C)(C)C)NCc1csc(CC)n1.I. The van der Waals surface area contributed by atoms with Gasteiger partial charge in [-0.2, -0.15) is 0 Å². The van der Waals surface area contributed by atoms with E-state index in [4.69, 9.17) is 9.73 Å². The van der Waals surface area contributed by atoms with Crippen molar-refractivity contribution in [2.24, 2.45) is 4.99 Å². The van der Waals surface area contributed by atoms with Gasteiger partial charge in [-0.1, -0.05) is 25.1 Å². The predicted octanol–water partition coefficient (Wildman–Crippen LogP) is 4.76. The number of aromatic nitrogens is 1. The number of hydrogen-bond acceptors (Lipinski definition) is 4. The monoisotopic (exact) mass is 502 g/mol. The molecule has 27 heavy (non-hydrogen) atoms. The van der Waals surface area contributed by atoms with Crippen LogP contribution in [0.4, 0.5) is 0 Å². The number of hydrogen-bond donors (Lipinski definition) is 2. The van der Waals surface area contributed by atoms with Crippen LogP contribution >= 0.6 is 35.3 Å². The van der Waals surface area contributed by atoms with Gasteiger partial charge in [-0.25, -0.2) is 9.98 Å². The van der Waals surface area contributed by atoms with Crippen molar-refractivity contribution in [3.63, 3.8) is 0 Å². The number of halogens is 1. The Morgan fingerprint density at radius 3 is 2.56 bits per heavy atom. The van der Waals surface area contributed by atoms with Crippen LogP contribution in [-0.4, -0.2) is 23.1 Å². The Labute approximate surface area is 184 Å². The molecule has 1 heterocycles. The highest BCUT2D eigenvalue weighted by Crippen LogP contribution is 2.23. The summed E-state index contributed by atoms with van der Waals surface area (Å²) in [4.78, 5) is 9.29. The molecule has 0 bridgehead atoms. The van der Waals surface area contributed by atoms with E-state index >= 15 is 0 Å². The first-order valence-electron chi connectivity index (χ1n) is 9.13. The maximum absolute atomic E-state index is 6.05. The largest absolute Gasteiger partial charge is 0.488 e. The fraction of sp³-hybridized carbons (Fsp3) is 0.500. The number of aryl methyl sites for hydroxylation is 1. The average Bonchev–Trinajstić information content (AvgIpc) is 3.05. The van der Waals surface area contributed by atoms with Gasteiger partial charge in [-0.15, -0.1) is 35.3 Å². The van der Waals surface area contributed by atoms with Crippen molar-refractivity contribution in [1.29, 1.82) is 0 Å². The van der Waals surface area contributed by atoms with Gasteiger partial charge in [0.15, 0.2) is 5.96 Å². The molecule has 5 nitrogen and oxygen atoms in total. The molecule has 0 unspecified atom stereocenters. The molecule has 0 spiro atoms. The first-order chi connectivity index (χ1) is 12.4. The normalized spacial score (nSPS) is 11.7. The molecule has 2 rings (SSSR count). The minimum Gasteiger partial charge on any atom is -0.488 e. The summed E-state index contributed by atoms with van der Waals surface area (Å²) in [7, 11) is 0. The summed E-state index contributed by atoms with van der Waals surface area (Å²) in [6.45, 7) is 12.4. The summed E-state index contributed by atoms with van der Waals surface area (Å²) in [5.74, 6) is 1.66. The fourth-order valence-corrected chi connectivity index (χ4v) is 3.08. The molecule has 1 aromatic carbocycles. The maximum atomic E-state index is 6.05. The summed E-state index contributed by atoms with van der Waals surface area (Å²) in [5.41, 5.74) is 1.89. The summed E-state index contributed by atoms with van der Waals surface area (Å²) in [6.07, 6.45) is 0.976. The van der Waals surface area contributed by atoms with Gasteiger partial charge in [0.2, 0.25) is 0 Å². The molecule has 0 saturated heterocycles. The number of benzene rings is 1.